The maximum atomic E-state index is 11.9. The zero-order valence-corrected chi connectivity index (χ0v) is 10.2. The van der Waals surface area contributed by atoms with Gasteiger partial charge in [-0.25, -0.2) is 14.5 Å². The molecule has 0 unspecified atom stereocenters. The lowest BCUT2D eigenvalue weighted by Crippen LogP contribution is -3.00. The molecule has 0 saturated carbocycles. The van der Waals surface area contributed by atoms with Crippen LogP contribution in [0.1, 0.15) is 6.92 Å². The predicted molar refractivity (Wildman–Crippen MR) is 51.2 cm³/mol. The average molecular weight is 292 g/mol. The average Bonchev–Trinajstić information content (AvgIpc) is 2.66. The Balaban J connectivity index is 0.000000200. The van der Waals surface area contributed by atoms with Gasteiger partial charge in [0.2, 0.25) is 6.33 Å². The Labute approximate surface area is 105 Å². The lowest BCUT2D eigenvalue weighted by molar-refractivity contribution is -0.862. The molecule has 1 aromatic rings. The van der Waals surface area contributed by atoms with Crippen molar-refractivity contribution in [2.75, 3.05) is 0 Å². The topological polar surface area (TPSA) is 37.4 Å². The highest BCUT2D eigenvalue weighted by Gasteiger charge is 2.75. The standard InChI is InChI=1S/C6H11N2.C3H2F6N2/c1-3-8-5-4-7(2)6-8;4-1(5)2(6,7)11-3(8,9)10-1/h4-6H,3H2,1-2H3;10-11H/q+1;/p+1. The molecule has 19 heavy (non-hydrogen) atoms. The second-order valence-electron chi connectivity index (χ2n) is 4.00. The van der Waals surface area contributed by atoms with E-state index < -0.39 is 23.6 Å². The van der Waals surface area contributed by atoms with Gasteiger partial charge in [-0.15, -0.1) is 22.9 Å². The highest BCUT2D eigenvalue weighted by atomic mass is 19.3. The van der Waals surface area contributed by atoms with Crippen molar-refractivity contribution < 1.29 is 36.2 Å². The van der Waals surface area contributed by atoms with Crippen LogP contribution in [0.25, 0.3) is 0 Å². The molecule has 0 bridgehead atoms. The molecule has 1 aliphatic heterocycles. The summed E-state index contributed by atoms with van der Waals surface area (Å²) in [4.78, 5) is 0. The first kappa shape index (κ1) is 15.8. The number of aryl methyl sites for hydroxylation is 2. The summed E-state index contributed by atoms with van der Waals surface area (Å²) >= 11 is 0. The van der Waals surface area contributed by atoms with Gasteiger partial charge in [0.25, 0.3) is 0 Å². The van der Waals surface area contributed by atoms with Gasteiger partial charge < -0.3 is 0 Å². The van der Waals surface area contributed by atoms with Crippen molar-refractivity contribution >= 4 is 0 Å². The van der Waals surface area contributed by atoms with Gasteiger partial charge in [0.05, 0.1) is 13.6 Å². The molecule has 10 heteroatoms. The summed E-state index contributed by atoms with van der Waals surface area (Å²) < 4.78 is 75.2. The summed E-state index contributed by atoms with van der Waals surface area (Å²) in [5.41, 5.74) is 0. The second kappa shape index (κ2) is 5.00. The summed E-state index contributed by atoms with van der Waals surface area (Å²) in [6.07, 6.45) is 1.83. The molecule has 4 nitrogen and oxygen atoms in total. The summed E-state index contributed by atoms with van der Waals surface area (Å²) in [5.74, 6) is 0. The third kappa shape index (κ3) is 3.83. The quantitative estimate of drug-likeness (QED) is 0.434. The number of nitrogens with one attached hydrogen (secondary N) is 1. The molecule has 0 amide bonds. The highest BCUT2D eigenvalue weighted by molar-refractivity contribution is 4.78. The van der Waals surface area contributed by atoms with Crippen molar-refractivity contribution in [1.82, 2.24) is 9.88 Å². The van der Waals surface area contributed by atoms with E-state index in [2.05, 4.69) is 24.0 Å². The molecule has 0 aliphatic carbocycles. The van der Waals surface area contributed by atoms with E-state index in [-0.39, 0.29) is 5.32 Å². The van der Waals surface area contributed by atoms with Crippen molar-refractivity contribution in [2.45, 2.75) is 31.7 Å². The lowest BCUT2D eigenvalue weighted by atomic mass is 10.5. The van der Waals surface area contributed by atoms with E-state index in [1.165, 1.54) is 0 Å². The zero-order chi connectivity index (χ0) is 14.9. The van der Waals surface area contributed by atoms with Crippen molar-refractivity contribution in [3.63, 3.8) is 0 Å². The number of alkyl halides is 6. The Kier molecular flexibility index (Phi) is 4.15. The molecule has 2 rings (SSSR count). The van der Waals surface area contributed by atoms with Gasteiger partial charge in [-0.05, 0) is 6.92 Å². The number of imidazole rings is 1. The molecule has 1 aliphatic rings. The molecule has 0 aromatic carbocycles. The van der Waals surface area contributed by atoms with Gasteiger partial charge in [0, 0.05) is 0 Å². The van der Waals surface area contributed by atoms with Crippen LogP contribution in [-0.2, 0) is 13.6 Å². The number of hydrogen-bond acceptors (Lipinski definition) is 1. The van der Waals surface area contributed by atoms with E-state index in [0.717, 1.165) is 6.54 Å². The van der Waals surface area contributed by atoms with E-state index >= 15 is 0 Å². The number of halogens is 6. The smallest absolute Gasteiger partial charge is 0.240 e. The minimum absolute atomic E-state index is 0.187. The maximum Gasteiger partial charge on any atom is 0.473 e. The lowest BCUT2D eigenvalue weighted by Gasteiger charge is -2.10. The van der Waals surface area contributed by atoms with Crippen LogP contribution in [0.5, 0.6) is 0 Å². The van der Waals surface area contributed by atoms with E-state index in [1.54, 1.807) is 0 Å². The van der Waals surface area contributed by atoms with Gasteiger partial charge in [-0.3, -0.25) is 0 Å². The number of rotatable bonds is 1. The molecular weight excluding hydrogens is 278 g/mol. The molecular formula is C9H14F6N4+2. The molecule has 1 aromatic heterocycles. The third-order valence-corrected chi connectivity index (χ3v) is 2.29. The van der Waals surface area contributed by atoms with Crippen LogP contribution in [0, 0.1) is 0 Å². The number of nitrogens with zero attached hydrogens (tertiary/aromatic N) is 2. The van der Waals surface area contributed by atoms with Crippen LogP contribution in [0.2, 0.25) is 0 Å². The van der Waals surface area contributed by atoms with Crippen LogP contribution in [0.15, 0.2) is 18.7 Å². The normalized spacial score (nSPS) is 22.7. The Morgan fingerprint density at radius 3 is 1.95 bits per heavy atom. The molecule has 0 radical (unpaired) electrons. The van der Waals surface area contributed by atoms with E-state index in [1.807, 2.05) is 17.8 Å². The SMILES string of the molecule is CCn1cc[n+](C)c1.FC1(F)NC(F)(F)C(F)(F)[NH2+]1. The summed E-state index contributed by atoms with van der Waals surface area (Å²) in [6.45, 7) is 3.18. The van der Waals surface area contributed by atoms with E-state index in [0.29, 0.717) is 0 Å². The molecule has 1 fully saturated rings. The second-order valence-corrected chi connectivity index (χ2v) is 4.00. The van der Waals surface area contributed by atoms with Gasteiger partial charge in [0.1, 0.15) is 12.4 Å². The predicted octanol–water partition coefficient (Wildman–Crippen LogP) is 0.221. The molecule has 110 valence electrons. The fourth-order valence-electron chi connectivity index (χ4n) is 1.34. The van der Waals surface area contributed by atoms with Crippen molar-refractivity contribution in [1.29, 1.82) is 0 Å². The van der Waals surface area contributed by atoms with Gasteiger partial charge in [0.15, 0.2) is 0 Å². The van der Waals surface area contributed by atoms with Crippen LogP contribution in [-0.4, -0.2) is 22.8 Å². The highest BCUT2D eigenvalue weighted by Crippen LogP contribution is 2.32. The summed E-state index contributed by atoms with van der Waals surface area (Å²) in [7, 11) is 2.02. The van der Waals surface area contributed by atoms with Crippen LogP contribution in [0.4, 0.5) is 26.3 Å². The molecule has 2 heterocycles. The zero-order valence-electron chi connectivity index (χ0n) is 10.2. The first-order valence-electron chi connectivity index (χ1n) is 5.30. The van der Waals surface area contributed by atoms with Gasteiger partial charge >= 0.3 is 18.3 Å². The van der Waals surface area contributed by atoms with Crippen LogP contribution >= 0.6 is 0 Å². The van der Waals surface area contributed by atoms with E-state index in [4.69, 9.17) is 0 Å². The first-order chi connectivity index (χ1) is 8.49. The van der Waals surface area contributed by atoms with Crippen LogP contribution in [0.3, 0.4) is 0 Å². The monoisotopic (exact) mass is 292 g/mol. The van der Waals surface area contributed by atoms with Crippen molar-refractivity contribution in [2.24, 2.45) is 7.05 Å². The number of nitrogens with two attached hydrogens (primary N) is 1. The Morgan fingerprint density at radius 1 is 1.21 bits per heavy atom. The fraction of sp³-hybridized carbons (Fsp3) is 0.667. The Hall–Kier alpha value is -1.29. The minimum Gasteiger partial charge on any atom is -0.240 e. The van der Waals surface area contributed by atoms with Gasteiger partial charge in [-0.2, -0.15) is 8.78 Å². The summed E-state index contributed by atoms with van der Waals surface area (Å²) in [6, 6.07) is -9.66. The Morgan fingerprint density at radius 2 is 1.79 bits per heavy atom. The Bertz CT molecular complexity index is 412. The molecule has 0 spiro atoms. The fourth-order valence-corrected chi connectivity index (χ4v) is 1.34. The molecule has 3 N–H and O–H groups in total. The van der Waals surface area contributed by atoms with E-state index in [9.17, 15) is 26.3 Å². The maximum absolute atomic E-state index is 11.9. The van der Waals surface area contributed by atoms with Gasteiger partial charge in [-0.1, -0.05) is 0 Å². The molecule has 1 saturated heterocycles. The number of quaternary nitrogens is 1. The first-order valence-corrected chi connectivity index (χ1v) is 5.30. The summed E-state index contributed by atoms with van der Waals surface area (Å²) in [5, 5.41) is -0.826. The largest absolute Gasteiger partial charge is 0.473 e. The minimum atomic E-state index is -4.86. The van der Waals surface area contributed by atoms with Crippen LogP contribution < -0.4 is 15.2 Å². The van der Waals surface area contributed by atoms with Crippen molar-refractivity contribution in [3.8, 4) is 0 Å². The number of aromatic nitrogens is 2. The number of hydrogen-bond donors (Lipinski definition) is 2. The third-order valence-electron chi connectivity index (χ3n) is 2.29. The van der Waals surface area contributed by atoms with Crippen molar-refractivity contribution in [3.05, 3.63) is 18.7 Å². The molecule has 0 atom stereocenters.